The molecule has 1 atom stereocenters. The highest BCUT2D eigenvalue weighted by Gasteiger charge is 2.09. The maximum absolute atomic E-state index is 4.42. The van der Waals surface area contributed by atoms with E-state index in [2.05, 4.69) is 48.6 Å². The molecule has 0 saturated carbocycles. The summed E-state index contributed by atoms with van der Waals surface area (Å²) >= 11 is 3.45. The number of nitrogens with one attached hydrogen (secondary N) is 2. The predicted molar refractivity (Wildman–Crippen MR) is 79.2 cm³/mol. The van der Waals surface area contributed by atoms with Crippen LogP contribution in [0.1, 0.15) is 13.8 Å². The van der Waals surface area contributed by atoms with Gasteiger partial charge in [0, 0.05) is 31.2 Å². The third kappa shape index (κ3) is 3.92. The molecule has 2 aromatic heterocycles. The lowest BCUT2D eigenvalue weighted by atomic mass is 10.3. The molecule has 2 N–H and O–H groups in total. The van der Waals surface area contributed by atoms with Crippen LogP contribution in [0.4, 0.5) is 11.8 Å². The van der Waals surface area contributed by atoms with Gasteiger partial charge in [-0.05, 0) is 35.8 Å². The molecule has 0 saturated heterocycles. The second kappa shape index (κ2) is 6.51. The van der Waals surface area contributed by atoms with Gasteiger partial charge in [-0.15, -0.1) is 0 Å². The Morgan fingerprint density at radius 2 is 2.32 bits per heavy atom. The van der Waals surface area contributed by atoms with E-state index < -0.39 is 0 Å². The summed E-state index contributed by atoms with van der Waals surface area (Å²) in [4.78, 5) is 8.61. The minimum absolute atomic E-state index is 0.209. The third-order valence-corrected chi connectivity index (χ3v) is 3.06. The second-order valence-electron chi connectivity index (χ2n) is 4.19. The van der Waals surface area contributed by atoms with E-state index in [0.29, 0.717) is 5.95 Å². The van der Waals surface area contributed by atoms with Crippen LogP contribution in [0.25, 0.3) is 0 Å². The molecule has 7 heteroatoms. The SMILES string of the molecule is CCNc1ncc(Br)c(NC(C)Cn2cccn2)n1. The summed E-state index contributed by atoms with van der Waals surface area (Å²) in [5.74, 6) is 1.41. The Morgan fingerprint density at radius 1 is 1.47 bits per heavy atom. The van der Waals surface area contributed by atoms with E-state index in [9.17, 15) is 0 Å². The van der Waals surface area contributed by atoms with Gasteiger partial charge in [0.1, 0.15) is 5.82 Å². The zero-order chi connectivity index (χ0) is 13.7. The largest absolute Gasteiger partial charge is 0.365 e. The highest BCUT2D eigenvalue weighted by atomic mass is 79.9. The topological polar surface area (TPSA) is 67.7 Å². The van der Waals surface area contributed by atoms with Crippen LogP contribution < -0.4 is 10.6 Å². The summed E-state index contributed by atoms with van der Waals surface area (Å²) in [7, 11) is 0. The number of halogens is 1. The molecule has 0 spiro atoms. The summed E-state index contributed by atoms with van der Waals surface area (Å²) in [6.45, 7) is 5.67. The molecule has 0 bridgehead atoms. The van der Waals surface area contributed by atoms with Crippen molar-refractivity contribution in [2.24, 2.45) is 0 Å². The molecular weight excluding hydrogens is 308 g/mol. The van der Waals surface area contributed by atoms with Gasteiger partial charge < -0.3 is 10.6 Å². The summed E-state index contributed by atoms with van der Waals surface area (Å²) in [5, 5.41) is 10.6. The van der Waals surface area contributed by atoms with Crippen molar-refractivity contribution >= 4 is 27.7 Å². The Labute approximate surface area is 120 Å². The minimum Gasteiger partial charge on any atom is -0.365 e. The standard InChI is InChI=1S/C12H17BrN6/c1-3-14-12-15-7-10(13)11(18-12)17-9(2)8-19-6-4-5-16-19/h4-7,9H,3,8H2,1-2H3,(H2,14,15,17,18). The van der Waals surface area contributed by atoms with Crippen LogP contribution >= 0.6 is 15.9 Å². The Hall–Kier alpha value is -1.63. The van der Waals surface area contributed by atoms with Gasteiger partial charge in [-0.25, -0.2) is 4.98 Å². The molecule has 2 heterocycles. The maximum Gasteiger partial charge on any atom is 0.224 e. The summed E-state index contributed by atoms with van der Waals surface area (Å²) < 4.78 is 2.74. The Kier molecular flexibility index (Phi) is 4.73. The zero-order valence-corrected chi connectivity index (χ0v) is 12.6. The summed E-state index contributed by atoms with van der Waals surface area (Å²) in [6, 6.07) is 2.12. The molecule has 0 radical (unpaired) electrons. The molecule has 0 aliphatic heterocycles. The van der Waals surface area contributed by atoms with Gasteiger partial charge >= 0.3 is 0 Å². The predicted octanol–water partition coefficient (Wildman–Crippen LogP) is 2.37. The summed E-state index contributed by atoms with van der Waals surface area (Å²) in [5.41, 5.74) is 0. The van der Waals surface area contributed by atoms with E-state index in [1.54, 1.807) is 12.4 Å². The molecule has 0 aromatic carbocycles. The van der Waals surface area contributed by atoms with Gasteiger partial charge in [0.05, 0.1) is 11.0 Å². The minimum atomic E-state index is 0.209. The molecule has 0 aliphatic carbocycles. The van der Waals surface area contributed by atoms with Gasteiger partial charge in [0.2, 0.25) is 5.95 Å². The quantitative estimate of drug-likeness (QED) is 0.853. The fourth-order valence-electron chi connectivity index (χ4n) is 1.68. The first-order chi connectivity index (χ1) is 9.19. The van der Waals surface area contributed by atoms with Crippen molar-refractivity contribution in [3.05, 3.63) is 29.1 Å². The molecule has 1 unspecified atom stereocenters. The molecule has 2 aromatic rings. The monoisotopic (exact) mass is 324 g/mol. The second-order valence-corrected chi connectivity index (χ2v) is 5.05. The fraction of sp³-hybridized carbons (Fsp3) is 0.417. The van der Waals surface area contributed by atoms with Crippen molar-refractivity contribution in [1.29, 1.82) is 0 Å². The van der Waals surface area contributed by atoms with Crippen LogP contribution in [-0.2, 0) is 6.54 Å². The van der Waals surface area contributed by atoms with Crippen molar-refractivity contribution in [3.63, 3.8) is 0 Å². The number of anilines is 2. The molecule has 0 amide bonds. The lowest BCUT2D eigenvalue weighted by molar-refractivity contribution is 0.559. The highest BCUT2D eigenvalue weighted by molar-refractivity contribution is 9.10. The maximum atomic E-state index is 4.42. The molecule has 19 heavy (non-hydrogen) atoms. The molecule has 0 aliphatic rings. The van der Waals surface area contributed by atoms with Crippen molar-refractivity contribution in [1.82, 2.24) is 19.7 Å². The smallest absolute Gasteiger partial charge is 0.224 e. The van der Waals surface area contributed by atoms with E-state index in [0.717, 1.165) is 23.4 Å². The van der Waals surface area contributed by atoms with E-state index in [1.165, 1.54) is 0 Å². The van der Waals surface area contributed by atoms with E-state index >= 15 is 0 Å². The van der Waals surface area contributed by atoms with Gasteiger partial charge in [0.25, 0.3) is 0 Å². The number of rotatable bonds is 6. The first kappa shape index (κ1) is 13.8. The Balaban J connectivity index is 2.02. The number of hydrogen-bond donors (Lipinski definition) is 2. The average Bonchev–Trinajstić information content (AvgIpc) is 2.86. The van der Waals surface area contributed by atoms with E-state index in [-0.39, 0.29) is 6.04 Å². The molecule has 102 valence electrons. The Morgan fingerprint density at radius 3 is 3.00 bits per heavy atom. The van der Waals surface area contributed by atoms with Gasteiger partial charge in [0.15, 0.2) is 0 Å². The van der Waals surface area contributed by atoms with Gasteiger partial charge in [-0.2, -0.15) is 10.1 Å². The van der Waals surface area contributed by atoms with Crippen molar-refractivity contribution < 1.29 is 0 Å². The normalized spacial score (nSPS) is 12.2. The van der Waals surface area contributed by atoms with Crippen LogP contribution in [0.2, 0.25) is 0 Å². The third-order valence-electron chi connectivity index (χ3n) is 2.48. The Bertz CT molecular complexity index is 513. The van der Waals surface area contributed by atoms with Crippen LogP contribution in [0.15, 0.2) is 29.1 Å². The fourth-order valence-corrected chi connectivity index (χ4v) is 1.99. The van der Waals surface area contributed by atoms with Crippen LogP contribution in [0.3, 0.4) is 0 Å². The number of nitrogens with zero attached hydrogens (tertiary/aromatic N) is 4. The van der Waals surface area contributed by atoms with E-state index in [4.69, 9.17) is 0 Å². The van der Waals surface area contributed by atoms with Crippen LogP contribution in [0.5, 0.6) is 0 Å². The van der Waals surface area contributed by atoms with Crippen molar-refractivity contribution in [2.45, 2.75) is 26.4 Å². The average molecular weight is 325 g/mol. The lowest BCUT2D eigenvalue weighted by Gasteiger charge is -2.16. The van der Waals surface area contributed by atoms with Crippen LogP contribution in [-0.4, -0.2) is 32.3 Å². The molecule has 6 nitrogen and oxygen atoms in total. The number of aromatic nitrogens is 4. The zero-order valence-electron chi connectivity index (χ0n) is 11.0. The van der Waals surface area contributed by atoms with Crippen molar-refractivity contribution in [3.8, 4) is 0 Å². The van der Waals surface area contributed by atoms with Gasteiger partial charge in [-0.1, -0.05) is 0 Å². The van der Waals surface area contributed by atoms with Crippen LogP contribution in [0, 0.1) is 0 Å². The number of hydrogen-bond acceptors (Lipinski definition) is 5. The lowest BCUT2D eigenvalue weighted by Crippen LogP contribution is -2.23. The van der Waals surface area contributed by atoms with Gasteiger partial charge in [-0.3, -0.25) is 4.68 Å². The highest BCUT2D eigenvalue weighted by Crippen LogP contribution is 2.21. The molecular formula is C12H17BrN6. The van der Waals surface area contributed by atoms with E-state index in [1.807, 2.05) is 23.9 Å². The molecule has 2 rings (SSSR count). The first-order valence-corrected chi connectivity index (χ1v) is 6.98. The molecule has 0 fully saturated rings. The first-order valence-electron chi connectivity index (χ1n) is 6.19. The van der Waals surface area contributed by atoms with Crippen molar-refractivity contribution in [2.75, 3.05) is 17.2 Å². The summed E-state index contributed by atoms with van der Waals surface area (Å²) in [6.07, 6.45) is 5.46.